The van der Waals surface area contributed by atoms with Gasteiger partial charge in [0.05, 0.1) is 16.7 Å². The third-order valence-corrected chi connectivity index (χ3v) is 4.61. The van der Waals surface area contributed by atoms with Crippen LogP contribution in [0.2, 0.25) is 0 Å². The van der Waals surface area contributed by atoms with Crippen molar-refractivity contribution < 1.29 is 0 Å². The third kappa shape index (κ3) is 2.80. The number of hydrogen-bond donors (Lipinski definition) is 1. The predicted molar refractivity (Wildman–Crippen MR) is 95.5 cm³/mol. The number of thiophene rings is 1. The second-order valence-electron chi connectivity index (χ2n) is 5.15. The first-order valence-corrected chi connectivity index (χ1v) is 8.17. The van der Waals surface area contributed by atoms with E-state index in [9.17, 15) is 4.79 Å². The molecule has 0 aliphatic heterocycles. The number of thiocarbonyl (C=S) groups is 1. The molecule has 0 aliphatic rings. The van der Waals surface area contributed by atoms with Crippen molar-refractivity contribution in [2.45, 2.75) is 19.9 Å². The van der Waals surface area contributed by atoms with Crippen molar-refractivity contribution in [1.29, 1.82) is 0 Å². The van der Waals surface area contributed by atoms with Crippen LogP contribution in [0.5, 0.6) is 0 Å². The maximum Gasteiger partial charge on any atom is 0.262 e. The average molecular weight is 329 g/mol. The van der Waals surface area contributed by atoms with Gasteiger partial charge in [0.15, 0.2) is 0 Å². The lowest BCUT2D eigenvalue weighted by Crippen LogP contribution is -2.23. The van der Waals surface area contributed by atoms with Crippen molar-refractivity contribution >= 4 is 38.8 Å². The molecule has 0 bridgehead atoms. The first kappa shape index (κ1) is 14.9. The Bertz CT molecular complexity index is 894. The third-order valence-electron chi connectivity index (χ3n) is 3.52. The van der Waals surface area contributed by atoms with E-state index in [-0.39, 0.29) is 5.56 Å². The van der Waals surface area contributed by atoms with Crippen LogP contribution in [0.3, 0.4) is 0 Å². The maximum atomic E-state index is 12.7. The maximum absolute atomic E-state index is 12.7. The summed E-state index contributed by atoms with van der Waals surface area (Å²) in [4.78, 5) is 18.2. The molecule has 0 saturated heterocycles. The van der Waals surface area contributed by atoms with Gasteiger partial charge in [-0.25, -0.2) is 4.98 Å². The minimum absolute atomic E-state index is 0.0434. The summed E-state index contributed by atoms with van der Waals surface area (Å²) in [6, 6.07) is 8.15. The molecule has 0 amide bonds. The molecule has 0 atom stereocenters. The van der Waals surface area contributed by atoms with Crippen LogP contribution in [0.4, 0.5) is 0 Å². The molecule has 112 valence electrons. The van der Waals surface area contributed by atoms with Gasteiger partial charge in [-0.3, -0.25) is 9.36 Å². The van der Waals surface area contributed by atoms with Crippen LogP contribution >= 0.6 is 23.6 Å². The molecule has 6 heteroatoms. The van der Waals surface area contributed by atoms with E-state index < -0.39 is 0 Å². The molecular weight excluding hydrogens is 314 g/mol. The standard InChI is InChI=1S/C16H15N3OS2/c1-10-2-4-11(5-3-10)12-8-22-15-14(12)16(20)19(9-18-15)7-6-13(17)21/h2-5,8-9H,6-7H2,1H3,(H2,17,21). The fourth-order valence-electron chi connectivity index (χ4n) is 2.30. The van der Waals surface area contributed by atoms with Crippen LogP contribution in [-0.2, 0) is 6.54 Å². The Morgan fingerprint density at radius 3 is 2.77 bits per heavy atom. The predicted octanol–water partition coefficient (Wildman–Crippen LogP) is 3.11. The van der Waals surface area contributed by atoms with Crippen LogP contribution in [0.1, 0.15) is 12.0 Å². The van der Waals surface area contributed by atoms with Crippen LogP contribution in [0.25, 0.3) is 21.3 Å². The zero-order valence-corrected chi connectivity index (χ0v) is 13.7. The Morgan fingerprint density at radius 1 is 1.36 bits per heavy atom. The van der Waals surface area contributed by atoms with E-state index >= 15 is 0 Å². The van der Waals surface area contributed by atoms with Crippen LogP contribution in [-0.4, -0.2) is 14.5 Å². The Balaban J connectivity index is 2.12. The van der Waals surface area contributed by atoms with Crippen molar-refractivity contribution in [3.63, 3.8) is 0 Å². The summed E-state index contributed by atoms with van der Waals surface area (Å²) < 4.78 is 1.58. The lowest BCUT2D eigenvalue weighted by Gasteiger charge is -2.05. The van der Waals surface area contributed by atoms with Crippen molar-refractivity contribution in [1.82, 2.24) is 9.55 Å². The van der Waals surface area contributed by atoms with Crippen molar-refractivity contribution in [3.8, 4) is 11.1 Å². The Morgan fingerprint density at radius 2 is 2.09 bits per heavy atom. The van der Waals surface area contributed by atoms with Gasteiger partial charge in [-0.05, 0) is 12.5 Å². The van der Waals surface area contributed by atoms with E-state index in [1.807, 2.05) is 36.6 Å². The first-order valence-electron chi connectivity index (χ1n) is 6.88. The molecule has 1 aromatic carbocycles. The van der Waals surface area contributed by atoms with Gasteiger partial charge < -0.3 is 5.73 Å². The van der Waals surface area contributed by atoms with E-state index in [4.69, 9.17) is 18.0 Å². The number of hydrogen-bond acceptors (Lipinski definition) is 4. The molecule has 0 fully saturated rings. The number of fused-ring (bicyclic) bond motifs is 1. The highest BCUT2D eigenvalue weighted by Crippen LogP contribution is 2.30. The second kappa shape index (κ2) is 5.98. The van der Waals surface area contributed by atoms with Gasteiger partial charge in [-0.15, -0.1) is 11.3 Å². The van der Waals surface area contributed by atoms with E-state index in [0.29, 0.717) is 23.3 Å². The summed E-state index contributed by atoms with van der Waals surface area (Å²) in [5, 5.41) is 2.65. The summed E-state index contributed by atoms with van der Waals surface area (Å²) >= 11 is 6.36. The molecule has 2 heterocycles. The summed E-state index contributed by atoms with van der Waals surface area (Å²) in [7, 11) is 0. The minimum Gasteiger partial charge on any atom is -0.393 e. The smallest absolute Gasteiger partial charge is 0.262 e. The molecule has 3 aromatic rings. The Hall–Kier alpha value is -2.05. The minimum atomic E-state index is -0.0434. The molecule has 0 spiro atoms. The number of rotatable bonds is 4. The van der Waals surface area contributed by atoms with E-state index in [0.717, 1.165) is 16.0 Å². The first-order chi connectivity index (χ1) is 10.6. The number of aryl methyl sites for hydroxylation is 2. The summed E-state index contributed by atoms with van der Waals surface area (Å²) in [6.45, 7) is 2.50. The van der Waals surface area contributed by atoms with Crippen molar-refractivity contribution in [2.24, 2.45) is 5.73 Å². The number of aromatic nitrogens is 2. The van der Waals surface area contributed by atoms with Crippen molar-refractivity contribution in [2.75, 3.05) is 0 Å². The molecular formula is C16H15N3OS2. The SMILES string of the molecule is Cc1ccc(-c2csc3ncn(CCC(N)=S)c(=O)c23)cc1. The highest BCUT2D eigenvalue weighted by atomic mass is 32.1. The fraction of sp³-hybridized carbons (Fsp3) is 0.188. The van der Waals surface area contributed by atoms with Crippen molar-refractivity contribution in [3.05, 3.63) is 51.9 Å². The van der Waals surface area contributed by atoms with Gasteiger partial charge in [0.1, 0.15) is 4.83 Å². The molecule has 0 aliphatic carbocycles. The number of nitrogens with two attached hydrogens (primary N) is 1. The van der Waals surface area contributed by atoms with Crippen LogP contribution < -0.4 is 11.3 Å². The monoisotopic (exact) mass is 329 g/mol. The lowest BCUT2D eigenvalue weighted by atomic mass is 10.1. The largest absolute Gasteiger partial charge is 0.393 e. The van der Waals surface area contributed by atoms with E-state index in [2.05, 4.69) is 4.98 Å². The molecule has 22 heavy (non-hydrogen) atoms. The Kier molecular flexibility index (Phi) is 4.04. The van der Waals surface area contributed by atoms with Gasteiger partial charge >= 0.3 is 0 Å². The Labute approximate surface area is 137 Å². The molecule has 0 radical (unpaired) electrons. The average Bonchev–Trinajstić information content (AvgIpc) is 2.92. The highest BCUT2D eigenvalue weighted by Gasteiger charge is 2.13. The van der Waals surface area contributed by atoms with Crippen LogP contribution in [0, 0.1) is 6.92 Å². The summed E-state index contributed by atoms with van der Waals surface area (Å²) in [6.07, 6.45) is 2.06. The zero-order chi connectivity index (χ0) is 15.7. The molecule has 4 nitrogen and oxygen atoms in total. The molecule has 0 saturated carbocycles. The van der Waals surface area contributed by atoms with E-state index in [1.54, 1.807) is 10.9 Å². The highest BCUT2D eigenvalue weighted by molar-refractivity contribution is 7.80. The summed E-state index contributed by atoms with van der Waals surface area (Å²) in [5.74, 6) is 0. The van der Waals surface area contributed by atoms with Gasteiger partial charge in [0.2, 0.25) is 0 Å². The normalized spacial score (nSPS) is 11.0. The van der Waals surface area contributed by atoms with Gasteiger partial charge in [-0.2, -0.15) is 0 Å². The van der Waals surface area contributed by atoms with Gasteiger partial charge in [0.25, 0.3) is 5.56 Å². The second-order valence-corrected chi connectivity index (χ2v) is 6.54. The molecule has 2 aromatic heterocycles. The molecule has 0 unspecified atom stereocenters. The van der Waals surface area contributed by atoms with Crippen LogP contribution in [0.15, 0.2) is 40.8 Å². The molecule has 3 rings (SSSR count). The van der Waals surface area contributed by atoms with Gasteiger partial charge in [0, 0.05) is 23.9 Å². The topological polar surface area (TPSA) is 60.9 Å². The zero-order valence-electron chi connectivity index (χ0n) is 12.1. The summed E-state index contributed by atoms with van der Waals surface area (Å²) in [5.41, 5.74) is 8.63. The fourth-order valence-corrected chi connectivity index (χ4v) is 3.30. The lowest BCUT2D eigenvalue weighted by molar-refractivity contribution is 0.688. The van der Waals surface area contributed by atoms with E-state index in [1.165, 1.54) is 16.9 Å². The number of nitrogens with zero attached hydrogens (tertiary/aromatic N) is 2. The quantitative estimate of drug-likeness (QED) is 0.747. The molecule has 2 N–H and O–H groups in total. The van der Waals surface area contributed by atoms with Gasteiger partial charge in [-0.1, -0.05) is 42.0 Å². The number of benzene rings is 1.